The fraction of sp³-hybridized carbons (Fsp3) is 0.571. The van der Waals surface area contributed by atoms with Crippen LogP contribution in [0, 0.1) is 5.92 Å². The summed E-state index contributed by atoms with van der Waals surface area (Å²) in [6, 6.07) is 15.8. The van der Waals surface area contributed by atoms with Crippen LogP contribution in [0.1, 0.15) is 89.2 Å². The van der Waals surface area contributed by atoms with Crippen molar-refractivity contribution in [3.8, 4) is 16.9 Å². The summed E-state index contributed by atoms with van der Waals surface area (Å²) in [6.45, 7) is 5.30. The largest absolute Gasteiger partial charge is 0.494 e. The van der Waals surface area contributed by atoms with Crippen molar-refractivity contribution < 1.29 is 4.74 Å². The van der Waals surface area contributed by atoms with E-state index in [1.807, 2.05) is 0 Å². The second-order valence-corrected chi connectivity index (χ2v) is 8.88. The van der Waals surface area contributed by atoms with E-state index in [-0.39, 0.29) is 0 Å². The number of ether oxygens (including phenoxy) is 1. The van der Waals surface area contributed by atoms with E-state index in [1.54, 1.807) is 11.1 Å². The van der Waals surface area contributed by atoms with Crippen LogP contribution in [-0.2, 0) is 12.8 Å². The summed E-state index contributed by atoms with van der Waals surface area (Å²) in [7, 11) is 0. The van der Waals surface area contributed by atoms with Crippen LogP contribution in [0.5, 0.6) is 5.75 Å². The normalized spacial score (nSPS) is 15.9. The Morgan fingerprint density at radius 1 is 0.759 bits per heavy atom. The first kappa shape index (κ1) is 21.9. The molecule has 1 aliphatic carbocycles. The molecule has 0 heterocycles. The molecule has 0 N–H and O–H groups in total. The zero-order valence-electron chi connectivity index (χ0n) is 18.7. The summed E-state index contributed by atoms with van der Waals surface area (Å²) in [5.41, 5.74) is 5.81. The molecule has 0 saturated heterocycles. The third kappa shape index (κ3) is 6.91. The Morgan fingerprint density at radius 3 is 2.28 bits per heavy atom. The quantitative estimate of drug-likeness (QED) is 0.329. The Morgan fingerprint density at radius 2 is 1.48 bits per heavy atom. The van der Waals surface area contributed by atoms with Gasteiger partial charge in [0.05, 0.1) is 6.61 Å². The average molecular weight is 393 g/mol. The van der Waals surface area contributed by atoms with Gasteiger partial charge in [-0.15, -0.1) is 0 Å². The molecule has 29 heavy (non-hydrogen) atoms. The van der Waals surface area contributed by atoms with E-state index in [2.05, 4.69) is 56.3 Å². The highest BCUT2D eigenvalue weighted by atomic mass is 16.5. The summed E-state index contributed by atoms with van der Waals surface area (Å²) < 4.78 is 5.80. The monoisotopic (exact) mass is 392 g/mol. The Balaban J connectivity index is 1.50. The number of aryl methyl sites for hydroxylation is 1. The maximum atomic E-state index is 5.80. The molecule has 1 nitrogen and oxygen atoms in total. The molecular weight excluding hydrogens is 352 g/mol. The van der Waals surface area contributed by atoms with Crippen LogP contribution in [0.2, 0.25) is 0 Å². The number of hydrogen-bond acceptors (Lipinski definition) is 1. The van der Waals surface area contributed by atoms with Crippen LogP contribution in [0.3, 0.4) is 0 Å². The standard InChI is InChI=1S/C28H40O/c1-3-5-7-8-9-10-11-23-12-13-27-22-26(15-14-25(27)21-23)24-16-18-28(19-17-24)29-20-6-4-2/h14-19,22-23H,3-13,20-21H2,1-2H3. The summed E-state index contributed by atoms with van der Waals surface area (Å²) >= 11 is 0. The molecule has 0 saturated carbocycles. The fourth-order valence-corrected chi connectivity index (χ4v) is 4.55. The molecule has 0 aromatic heterocycles. The maximum Gasteiger partial charge on any atom is 0.119 e. The molecule has 0 aliphatic heterocycles. The van der Waals surface area contributed by atoms with Gasteiger partial charge in [-0.05, 0) is 66.0 Å². The molecule has 158 valence electrons. The molecule has 2 aromatic carbocycles. The highest BCUT2D eigenvalue weighted by Gasteiger charge is 2.18. The van der Waals surface area contributed by atoms with Crippen molar-refractivity contribution in [3.05, 3.63) is 53.6 Å². The smallest absolute Gasteiger partial charge is 0.119 e. The zero-order valence-corrected chi connectivity index (χ0v) is 18.7. The van der Waals surface area contributed by atoms with Crippen molar-refractivity contribution in [1.82, 2.24) is 0 Å². The molecule has 1 atom stereocenters. The van der Waals surface area contributed by atoms with Gasteiger partial charge in [-0.1, -0.05) is 95.5 Å². The zero-order chi connectivity index (χ0) is 20.3. The number of benzene rings is 2. The van der Waals surface area contributed by atoms with Crippen LogP contribution >= 0.6 is 0 Å². The lowest BCUT2D eigenvalue weighted by Gasteiger charge is -2.25. The van der Waals surface area contributed by atoms with Crippen molar-refractivity contribution in [3.63, 3.8) is 0 Å². The van der Waals surface area contributed by atoms with E-state index >= 15 is 0 Å². The fourth-order valence-electron chi connectivity index (χ4n) is 4.55. The average Bonchev–Trinajstić information content (AvgIpc) is 2.76. The van der Waals surface area contributed by atoms with Gasteiger partial charge < -0.3 is 4.74 Å². The third-order valence-electron chi connectivity index (χ3n) is 6.46. The van der Waals surface area contributed by atoms with Crippen LogP contribution in [0.25, 0.3) is 11.1 Å². The van der Waals surface area contributed by atoms with Crippen LogP contribution < -0.4 is 4.74 Å². The molecule has 0 amide bonds. The van der Waals surface area contributed by atoms with Gasteiger partial charge in [-0.25, -0.2) is 0 Å². The van der Waals surface area contributed by atoms with E-state index in [4.69, 9.17) is 4.74 Å². The molecule has 3 rings (SSSR count). The lowest BCUT2D eigenvalue weighted by atomic mass is 9.80. The predicted molar refractivity (Wildman–Crippen MR) is 126 cm³/mol. The SMILES string of the molecule is CCCCCCCCC1CCc2cc(-c3ccc(OCCCC)cc3)ccc2C1. The lowest BCUT2D eigenvalue weighted by Crippen LogP contribution is -2.14. The second-order valence-electron chi connectivity index (χ2n) is 8.88. The molecule has 0 fully saturated rings. The third-order valence-corrected chi connectivity index (χ3v) is 6.46. The van der Waals surface area contributed by atoms with Gasteiger partial charge in [-0.2, -0.15) is 0 Å². The van der Waals surface area contributed by atoms with E-state index in [0.29, 0.717) is 0 Å². The Labute approximate surface area is 178 Å². The topological polar surface area (TPSA) is 9.23 Å². The molecule has 1 aliphatic rings. The van der Waals surface area contributed by atoms with Gasteiger partial charge >= 0.3 is 0 Å². The van der Waals surface area contributed by atoms with E-state index < -0.39 is 0 Å². The molecular formula is C28H40O. The summed E-state index contributed by atoms with van der Waals surface area (Å²) in [5, 5.41) is 0. The van der Waals surface area contributed by atoms with Gasteiger partial charge in [0.15, 0.2) is 0 Å². The lowest BCUT2D eigenvalue weighted by molar-refractivity contribution is 0.309. The molecule has 0 bridgehead atoms. The number of fused-ring (bicyclic) bond motifs is 1. The Kier molecular flexibility index (Phi) is 9.12. The van der Waals surface area contributed by atoms with Gasteiger partial charge in [0.1, 0.15) is 5.75 Å². The molecule has 0 spiro atoms. The molecule has 1 heteroatoms. The van der Waals surface area contributed by atoms with Crippen LogP contribution in [0.4, 0.5) is 0 Å². The number of rotatable bonds is 12. The molecule has 2 aromatic rings. The number of unbranched alkanes of at least 4 members (excludes halogenated alkanes) is 6. The van der Waals surface area contributed by atoms with E-state index in [1.165, 1.54) is 81.8 Å². The Bertz CT molecular complexity index is 716. The van der Waals surface area contributed by atoms with Crippen molar-refractivity contribution in [2.75, 3.05) is 6.61 Å². The maximum absolute atomic E-state index is 5.80. The second kappa shape index (κ2) is 12.1. The van der Waals surface area contributed by atoms with Crippen molar-refractivity contribution in [2.24, 2.45) is 5.92 Å². The summed E-state index contributed by atoms with van der Waals surface area (Å²) in [5.74, 6) is 1.89. The minimum Gasteiger partial charge on any atom is -0.494 e. The van der Waals surface area contributed by atoms with Crippen molar-refractivity contribution in [2.45, 2.75) is 90.9 Å². The van der Waals surface area contributed by atoms with Crippen LogP contribution in [-0.4, -0.2) is 6.61 Å². The van der Waals surface area contributed by atoms with Crippen molar-refractivity contribution in [1.29, 1.82) is 0 Å². The van der Waals surface area contributed by atoms with Crippen LogP contribution in [0.15, 0.2) is 42.5 Å². The minimum atomic E-state index is 0.814. The molecule has 1 unspecified atom stereocenters. The Hall–Kier alpha value is -1.76. The van der Waals surface area contributed by atoms with Gasteiger partial charge in [0.2, 0.25) is 0 Å². The van der Waals surface area contributed by atoms with E-state index in [9.17, 15) is 0 Å². The summed E-state index contributed by atoms with van der Waals surface area (Å²) in [4.78, 5) is 0. The predicted octanol–water partition coefficient (Wildman–Crippen LogP) is 8.39. The van der Waals surface area contributed by atoms with Gasteiger partial charge in [-0.3, -0.25) is 0 Å². The minimum absolute atomic E-state index is 0.814. The highest BCUT2D eigenvalue weighted by Crippen LogP contribution is 2.32. The molecule has 0 radical (unpaired) electrons. The summed E-state index contributed by atoms with van der Waals surface area (Å²) in [6.07, 6.45) is 16.1. The van der Waals surface area contributed by atoms with Crippen molar-refractivity contribution >= 4 is 0 Å². The van der Waals surface area contributed by atoms with Gasteiger partial charge in [0.25, 0.3) is 0 Å². The van der Waals surface area contributed by atoms with Gasteiger partial charge in [0, 0.05) is 0 Å². The first-order valence-corrected chi connectivity index (χ1v) is 12.1. The first-order valence-electron chi connectivity index (χ1n) is 12.1. The number of hydrogen-bond donors (Lipinski definition) is 0. The first-order chi connectivity index (χ1) is 14.3. The van der Waals surface area contributed by atoms with E-state index in [0.717, 1.165) is 24.7 Å². The highest BCUT2D eigenvalue weighted by molar-refractivity contribution is 5.66.